The maximum atomic E-state index is 13.9. The van der Waals surface area contributed by atoms with Gasteiger partial charge in [-0.2, -0.15) is 0 Å². The molecule has 0 aliphatic carbocycles. The Labute approximate surface area is 170 Å². The van der Waals surface area contributed by atoms with Gasteiger partial charge in [0.1, 0.15) is 0 Å². The van der Waals surface area contributed by atoms with E-state index in [2.05, 4.69) is 24.3 Å². The topological polar surface area (TPSA) is 42.2 Å². The summed E-state index contributed by atoms with van der Waals surface area (Å²) in [6.45, 7) is 3.71. The Hall–Kier alpha value is -3.17. The molecule has 0 fully saturated rings. The van der Waals surface area contributed by atoms with Crippen molar-refractivity contribution in [2.24, 2.45) is 0 Å². The molecule has 2 atom stereocenters. The van der Waals surface area contributed by atoms with Gasteiger partial charge in [-0.05, 0) is 37.5 Å². The quantitative estimate of drug-likeness (QED) is 0.498. The zero-order valence-electron chi connectivity index (χ0n) is 16.6. The van der Waals surface area contributed by atoms with Gasteiger partial charge in [0, 0.05) is 16.5 Å². The molecule has 2 heterocycles. The van der Waals surface area contributed by atoms with E-state index in [4.69, 9.17) is 0 Å². The number of hydrogen-bond donors (Lipinski definition) is 1. The van der Waals surface area contributed by atoms with E-state index in [9.17, 15) is 9.90 Å². The van der Waals surface area contributed by atoms with Crippen molar-refractivity contribution in [2.75, 3.05) is 0 Å². The molecule has 0 saturated heterocycles. The van der Waals surface area contributed by atoms with E-state index >= 15 is 0 Å². The lowest BCUT2D eigenvalue weighted by Gasteiger charge is -2.37. The Kier molecular flexibility index (Phi) is 3.97. The van der Waals surface area contributed by atoms with Gasteiger partial charge >= 0.3 is 0 Å². The Morgan fingerprint density at radius 3 is 2.34 bits per heavy atom. The van der Waals surface area contributed by atoms with E-state index in [1.807, 2.05) is 66.1 Å². The minimum atomic E-state index is -0.784. The molecule has 0 spiro atoms. The fourth-order valence-electron chi connectivity index (χ4n) is 4.92. The first-order valence-electron chi connectivity index (χ1n) is 10.0. The predicted molar refractivity (Wildman–Crippen MR) is 117 cm³/mol. The predicted octanol–water partition coefficient (Wildman–Crippen LogP) is 5.66. The van der Waals surface area contributed by atoms with Gasteiger partial charge in [-0.3, -0.25) is 9.36 Å². The monoisotopic (exact) mass is 381 g/mol. The van der Waals surface area contributed by atoms with Crippen LogP contribution >= 0.6 is 0 Å². The molecule has 0 amide bonds. The van der Waals surface area contributed by atoms with Crippen LogP contribution in [0.2, 0.25) is 0 Å². The van der Waals surface area contributed by atoms with Crippen molar-refractivity contribution in [2.45, 2.75) is 31.8 Å². The summed E-state index contributed by atoms with van der Waals surface area (Å²) in [4.78, 5) is 13.9. The number of aliphatic hydroxyl groups is 1. The average molecular weight is 381 g/mol. The van der Waals surface area contributed by atoms with Crippen molar-refractivity contribution in [3.05, 3.63) is 84.4 Å². The van der Waals surface area contributed by atoms with E-state index in [1.165, 1.54) is 0 Å². The molecule has 5 rings (SSSR count). The highest BCUT2D eigenvalue weighted by atomic mass is 16.3. The number of benzene rings is 3. The number of carbonyl (C=O) groups is 1. The van der Waals surface area contributed by atoms with Gasteiger partial charge in [0.25, 0.3) is 0 Å². The zero-order chi connectivity index (χ0) is 20.2. The van der Waals surface area contributed by atoms with E-state index in [-0.39, 0.29) is 5.91 Å². The van der Waals surface area contributed by atoms with Crippen LogP contribution in [0.4, 0.5) is 0 Å². The Morgan fingerprint density at radius 2 is 1.59 bits per heavy atom. The van der Waals surface area contributed by atoms with Crippen LogP contribution in [0, 0.1) is 0 Å². The number of fused-ring (bicyclic) bond motifs is 5. The number of rotatable bonds is 3. The van der Waals surface area contributed by atoms with Crippen LogP contribution in [0.25, 0.3) is 33.3 Å². The molecular formula is C26H23NO2. The fourth-order valence-corrected chi connectivity index (χ4v) is 4.92. The summed E-state index contributed by atoms with van der Waals surface area (Å²) < 4.78 is 1.88. The summed E-state index contributed by atoms with van der Waals surface area (Å²) >= 11 is 0. The highest BCUT2D eigenvalue weighted by molar-refractivity contribution is 6.14. The van der Waals surface area contributed by atoms with Crippen molar-refractivity contribution in [3.8, 4) is 22.4 Å². The summed E-state index contributed by atoms with van der Waals surface area (Å²) in [5.41, 5.74) is 5.30. The molecule has 0 bridgehead atoms. The number of aliphatic hydroxyl groups excluding tert-OH is 1. The van der Waals surface area contributed by atoms with E-state index in [0.717, 1.165) is 38.9 Å². The third-order valence-electron chi connectivity index (χ3n) is 6.09. The minimum Gasteiger partial charge on any atom is -0.393 e. The first-order valence-corrected chi connectivity index (χ1v) is 10.0. The molecule has 3 aromatic carbocycles. The Morgan fingerprint density at radius 1 is 0.931 bits per heavy atom. The number of nitrogens with zero attached hydrogens (tertiary/aromatic N) is 1. The zero-order valence-corrected chi connectivity index (χ0v) is 16.6. The highest BCUT2D eigenvalue weighted by Crippen LogP contribution is 2.49. The number of carbonyl (C=O) groups excluding carboxylic acids is 1. The lowest BCUT2D eigenvalue weighted by Crippen LogP contribution is -2.42. The molecule has 1 N–H and O–H groups in total. The van der Waals surface area contributed by atoms with Crippen molar-refractivity contribution < 1.29 is 9.90 Å². The maximum absolute atomic E-state index is 13.9. The second-order valence-corrected chi connectivity index (χ2v) is 8.18. The molecule has 0 radical (unpaired) electrons. The van der Waals surface area contributed by atoms with Crippen molar-refractivity contribution in [3.63, 3.8) is 0 Å². The maximum Gasteiger partial charge on any atom is 0.242 e. The molecule has 3 heteroatoms. The lowest BCUT2D eigenvalue weighted by atomic mass is 9.72. The largest absolute Gasteiger partial charge is 0.393 e. The molecule has 29 heavy (non-hydrogen) atoms. The van der Waals surface area contributed by atoms with Crippen LogP contribution in [-0.2, 0) is 5.41 Å². The van der Waals surface area contributed by atoms with Crippen LogP contribution in [-0.4, -0.2) is 21.7 Å². The lowest BCUT2D eigenvalue weighted by molar-refractivity contribution is 0.0727. The Bertz CT molecular complexity index is 1240. The standard InChI is InChI=1S/C26H23NO2/c1-17(28)16-26(2)21-14-8-6-12-19(21)24-23(18-10-4-3-5-11-18)20-13-7-9-15-22(20)27(24)25(26)29/h3-15,17,28H,16H2,1-2H3/t17-,26+/m0/s1. The average Bonchev–Trinajstić information content (AvgIpc) is 3.08. The van der Waals surface area contributed by atoms with Gasteiger partial charge in [-0.25, -0.2) is 0 Å². The molecular weight excluding hydrogens is 358 g/mol. The second-order valence-electron chi connectivity index (χ2n) is 8.18. The van der Waals surface area contributed by atoms with E-state index < -0.39 is 11.5 Å². The summed E-state index contributed by atoms with van der Waals surface area (Å²) in [6, 6.07) is 26.5. The van der Waals surface area contributed by atoms with Gasteiger partial charge < -0.3 is 5.11 Å². The first kappa shape index (κ1) is 17.9. The van der Waals surface area contributed by atoms with Crippen LogP contribution < -0.4 is 0 Å². The number of hydrogen-bond acceptors (Lipinski definition) is 2. The van der Waals surface area contributed by atoms with Crippen LogP contribution in [0.1, 0.15) is 30.6 Å². The summed E-state index contributed by atoms with van der Waals surface area (Å²) in [5, 5.41) is 11.3. The van der Waals surface area contributed by atoms with Gasteiger partial charge in [-0.1, -0.05) is 72.8 Å². The Balaban J connectivity index is 1.94. The summed E-state index contributed by atoms with van der Waals surface area (Å²) in [7, 11) is 0. The van der Waals surface area contributed by atoms with Crippen LogP contribution in [0.3, 0.4) is 0 Å². The highest BCUT2D eigenvalue weighted by Gasteiger charge is 2.45. The van der Waals surface area contributed by atoms with Crippen molar-refractivity contribution >= 4 is 16.8 Å². The molecule has 144 valence electrons. The van der Waals surface area contributed by atoms with Crippen LogP contribution in [0.5, 0.6) is 0 Å². The smallest absolute Gasteiger partial charge is 0.242 e. The molecule has 1 aliphatic heterocycles. The molecule has 1 aromatic heterocycles. The van der Waals surface area contributed by atoms with Crippen molar-refractivity contribution in [1.29, 1.82) is 0 Å². The second kappa shape index (κ2) is 6.43. The van der Waals surface area contributed by atoms with Gasteiger partial charge in [0.05, 0.1) is 22.7 Å². The van der Waals surface area contributed by atoms with Crippen LogP contribution in [0.15, 0.2) is 78.9 Å². The third-order valence-corrected chi connectivity index (χ3v) is 6.09. The van der Waals surface area contributed by atoms with Gasteiger partial charge in [0.2, 0.25) is 5.91 Å². The number of aromatic nitrogens is 1. The van der Waals surface area contributed by atoms with Crippen molar-refractivity contribution in [1.82, 2.24) is 4.57 Å². The SMILES string of the molecule is C[C@H](O)C[C@@]1(C)C(=O)n2c(c(-c3ccccc3)c3ccccc32)-c2ccccc21. The first-order chi connectivity index (χ1) is 14.0. The molecule has 0 saturated carbocycles. The molecule has 1 aliphatic rings. The normalized spacial score (nSPS) is 19.1. The third kappa shape index (κ3) is 2.51. The van der Waals surface area contributed by atoms with Gasteiger partial charge in [-0.15, -0.1) is 0 Å². The molecule has 4 aromatic rings. The summed E-state index contributed by atoms with van der Waals surface area (Å²) in [5.74, 6) is 0.0190. The number of para-hydroxylation sites is 1. The van der Waals surface area contributed by atoms with E-state index in [0.29, 0.717) is 6.42 Å². The van der Waals surface area contributed by atoms with Gasteiger partial charge in [0.15, 0.2) is 0 Å². The molecule has 3 nitrogen and oxygen atoms in total. The fraction of sp³-hybridized carbons (Fsp3) is 0.192. The minimum absolute atomic E-state index is 0.0190. The molecule has 0 unspecified atom stereocenters. The summed E-state index contributed by atoms with van der Waals surface area (Å²) in [6.07, 6.45) is -0.191. The van der Waals surface area contributed by atoms with E-state index in [1.54, 1.807) is 6.92 Å².